The second-order valence-corrected chi connectivity index (χ2v) is 27.0. The normalized spacial score (nSPS) is 50.9. The second-order valence-electron chi connectivity index (χ2n) is 27.0. The zero-order chi connectivity index (χ0) is 58.4. The summed E-state index contributed by atoms with van der Waals surface area (Å²) in [7, 11) is 0. The van der Waals surface area contributed by atoms with Gasteiger partial charge in [-0.3, -0.25) is 4.79 Å². The Balaban J connectivity index is 1.01. The summed E-state index contributed by atoms with van der Waals surface area (Å²) in [5, 5.41) is 129. The van der Waals surface area contributed by atoms with Crippen LogP contribution in [0, 0.1) is 50.2 Å². The Morgan fingerprint density at radius 3 is 1.89 bits per heavy atom. The van der Waals surface area contributed by atoms with Crippen LogP contribution in [0.2, 0.25) is 0 Å². The molecule has 12 N–H and O–H groups in total. The van der Waals surface area contributed by atoms with Crippen LogP contribution in [0.5, 0.6) is 0 Å². The van der Waals surface area contributed by atoms with E-state index in [9.17, 15) is 70.9 Å². The van der Waals surface area contributed by atoms with Gasteiger partial charge >= 0.3 is 11.9 Å². The number of carbonyl (C=O) groups is 2. The molecule has 0 aromatic heterocycles. The summed E-state index contributed by atoms with van der Waals surface area (Å²) in [6, 6.07) is 0. The summed E-state index contributed by atoms with van der Waals surface area (Å²) >= 11 is 0. The van der Waals surface area contributed by atoms with Gasteiger partial charge in [0.25, 0.3) is 0 Å². The molecule has 4 saturated heterocycles. The number of rotatable bonds is 14. The van der Waals surface area contributed by atoms with Gasteiger partial charge in [0.2, 0.25) is 6.29 Å². The molecule has 0 aromatic carbocycles. The van der Waals surface area contributed by atoms with Crippen LogP contribution < -0.4 is 0 Å². The Morgan fingerprint density at radius 2 is 1.24 bits per heavy atom. The van der Waals surface area contributed by atoms with Crippen molar-refractivity contribution in [2.75, 3.05) is 26.4 Å². The highest BCUT2D eigenvalue weighted by molar-refractivity contribution is 5.79. The highest BCUT2D eigenvalue weighted by Crippen LogP contribution is 2.76. The summed E-state index contributed by atoms with van der Waals surface area (Å²) in [5.41, 5.74) is -1.34. The Bertz CT molecular complexity index is 2210. The summed E-state index contributed by atoms with van der Waals surface area (Å²) in [5.74, 6) is -1.52. The van der Waals surface area contributed by atoms with Crippen LogP contribution in [0.1, 0.15) is 132 Å². The van der Waals surface area contributed by atoms with E-state index in [0.29, 0.717) is 44.9 Å². The van der Waals surface area contributed by atoms with E-state index in [0.717, 1.165) is 32.1 Å². The van der Waals surface area contributed by atoms with Gasteiger partial charge in [0.05, 0.1) is 37.9 Å². The molecule has 0 radical (unpaired) electrons. The lowest BCUT2D eigenvalue weighted by molar-refractivity contribution is -0.391. The van der Waals surface area contributed by atoms with Gasteiger partial charge in [-0.05, 0) is 115 Å². The standard InChI is InChI=1S/C57H92O23/c1-9-10-21-72-46(70)44-42(69)43(77-48-40(67)37(64)35(62)29(23-58)74-48)45(79-47-39(66)34(61)28(60)25-73-47)50(78-44)76-33-14-15-54(6)31(53(33,4)5)13-16-56(8)32(54)12-11-26-27-22-52(2,3)17-19-57(27,20-18-55(26,56)7)51(71)80-49-41(68)38(65)36(63)30(24-59)75-49/h11,27-45,47-50,58-69H,9-10,12-25H2,1-8H3/t27-,28-,29-,30-,31+,32-,33-,34-,35+,36-,37-,38+,39+,40-,41+,42+,43-,44-,45-,47+,48+,49-,50-,54-,55-,56-,57-/m0/s1. The lowest BCUT2D eigenvalue weighted by atomic mass is 9.33. The van der Waals surface area contributed by atoms with E-state index >= 15 is 0 Å². The van der Waals surface area contributed by atoms with Crippen molar-refractivity contribution in [3.8, 4) is 0 Å². The molecule has 5 aliphatic carbocycles. The predicted molar refractivity (Wildman–Crippen MR) is 276 cm³/mol. The third-order valence-corrected chi connectivity index (χ3v) is 21.7. The molecule has 0 bridgehead atoms. The largest absolute Gasteiger partial charge is 0.464 e. The Labute approximate surface area is 467 Å². The number of ether oxygens (including phenoxy) is 9. The SMILES string of the molecule is CCCCOC(=O)[C@H]1O[C@H](O[C@H]2CC[C@@]3(C)[C@H](CC[C@@]4(C)[C@H]3CC=C3[C@@H]5CC(C)(C)CC[C@]5(C(=O)O[C@@H]5O[C@@H](CO)[C@H](O)[C@@H](O)[C@H]5O)CC[C@@]34C)C2(C)C)[C@@H](O[C@H]2OC[C@H](O)[C@H](O)[C@H]2O)[C@@H](O[C@H]2O[C@@H](CO)[C@@H](O)[C@H](O)[C@@H]2O)[C@H]1O. The number of carbonyl (C=O) groups excluding carboxylic acids is 2. The number of aliphatic hydroxyl groups excluding tert-OH is 12. The first-order valence-corrected chi connectivity index (χ1v) is 29.2. The number of hydrogen-bond donors (Lipinski definition) is 12. The maximum absolute atomic E-state index is 14.8. The van der Waals surface area contributed by atoms with Gasteiger partial charge in [-0.2, -0.15) is 0 Å². The average Bonchev–Trinajstić information content (AvgIpc) is 3.41. The third kappa shape index (κ3) is 10.6. The van der Waals surface area contributed by atoms with Crippen molar-refractivity contribution in [1.82, 2.24) is 0 Å². The molecular formula is C57H92O23. The summed E-state index contributed by atoms with van der Waals surface area (Å²) in [6.07, 6.45) is -22.8. The molecule has 458 valence electrons. The van der Waals surface area contributed by atoms with E-state index in [-0.39, 0.29) is 46.0 Å². The lowest BCUT2D eigenvalue weighted by Crippen LogP contribution is -2.68. The average molecular weight is 1150 g/mol. The van der Waals surface area contributed by atoms with Crippen molar-refractivity contribution < 1.29 is 113 Å². The highest BCUT2D eigenvalue weighted by Gasteiger charge is 2.70. The van der Waals surface area contributed by atoms with Crippen molar-refractivity contribution in [2.45, 2.75) is 255 Å². The van der Waals surface area contributed by atoms with E-state index in [4.69, 9.17) is 42.6 Å². The first-order chi connectivity index (χ1) is 37.5. The number of fused-ring (bicyclic) bond motifs is 7. The number of unbranched alkanes of at least 4 members (excludes halogenated alkanes) is 1. The van der Waals surface area contributed by atoms with Crippen molar-refractivity contribution in [3.05, 3.63) is 11.6 Å². The van der Waals surface area contributed by atoms with Gasteiger partial charge in [0.1, 0.15) is 85.5 Å². The number of esters is 2. The number of allylic oxidation sites excluding steroid dienone is 2. The van der Waals surface area contributed by atoms with Crippen LogP contribution in [0.25, 0.3) is 0 Å². The first-order valence-electron chi connectivity index (χ1n) is 29.2. The Kier molecular flexibility index (Phi) is 18.2. The zero-order valence-corrected chi connectivity index (χ0v) is 47.5. The summed E-state index contributed by atoms with van der Waals surface area (Å²) < 4.78 is 54.8. The second kappa shape index (κ2) is 23.3. The lowest BCUT2D eigenvalue weighted by Gasteiger charge is -2.71. The minimum atomic E-state index is -1.97. The van der Waals surface area contributed by atoms with Gasteiger partial charge in [-0.15, -0.1) is 0 Å². The molecule has 0 spiro atoms. The van der Waals surface area contributed by atoms with Crippen LogP contribution in [-0.2, 0) is 52.2 Å². The van der Waals surface area contributed by atoms with Crippen LogP contribution in [0.15, 0.2) is 11.6 Å². The topological polar surface area (TPSA) is 360 Å². The molecule has 8 fully saturated rings. The fourth-order valence-corrected chi connectivity index (χ4v) is 16.6. The van der Waals surface area contributed by atoms with E-state index in [1.165, 1.54) is 5.57 Å². The van der Waals surface area contributed by atoms with Gasteiger partial charge in [0.15, 0.2) is 25.0 Å². The van der Waals surface area contributed by atoms with Crippen molar-refractivity contribution >= 4 is 11.9 Å². The smallest absolute Gasteiger partial charge is 0.338 e. The van der Waals surface area contributed by atoms with Crippen molar-refractivity contribution in [2.24, 2.45) is 50.2 Å². The van der Waals surface area contributed by atoms with Crippen molar-refractivity contribution in [3.63, 3.8) is 0 Å². The maximum atomic E-state index is 14.8. The van der Waals surface area contributed by atoms with E-state index < -0.39 is 165 Å². The molecule has 9 aliphatic rings. The highest BCUT2D eigenvalue weighted by atomic mass is 16.8. The monoisotopic (exact) mass is 1140 g/mol. The molecule has 23 nitrogen and oxygen atoms in total. The Morgan fingerprint density at radius 1 is 0.625 bits per heavy atom. The van der Waals surface area contributed by atoms with Crippen molar-refractivity contribution in [1.29, 1.82) is 0 Å². The van der Waals surface area contributed by atoms with E-state index in [2.05, 4.69) is 54.5 Å². The van der Waals surface area contributed by atoms with E-state index in [1.807, 2.05) is 6.92 Å². The predicted octanol–water partition coefficient (Wildman–Crippen LogP) is -0.0452. The van der Waals surface area contributed by atoms with Crippen LogP contribution >= 0.6 is 0 Å². The fourth-order valence-electron chi connectivity index (χ4n) is 16.6. The van der Waals surface area contributed by atoms with Gasteiger partial charge in [-0.1, -0.05) is 73.5 Å². The summed E-state index contributed by atoms with van der Waals surface area (Å²) in [6.45, 7) is 15.8. The molecule has 80 heavy (non-hydrogen) atoms. The quantitative estimate of drug-likeness (QED) is 0.0470. The van der Waals surface area contributed by atoms with Gasteiger partial charge in [-0.25, -0.2) is 4.79 Å². The van der Waals surface area contributed by atoms with Crippen LogP contribution in [-0.4, -0.2) is 222 Å². The molecule has 0 amide bonds. The molecule has 4 aliphatic heterocycles. The molecule has 4 heterocycles. The number of hydrogen-bond acceptors (Lipinski definition) is 23. The maximum Gasteiger partial charge on any atom is 0.338 e. The first kappa shape index (κ1) is 62.5. The zero-order valence-electron chi connectivity index (χ0n) is 47.5. The van der Waals surface area contributed by atoms with E-state index in [1.54, 1.807) is 0 Å². The summed E-state index contributed by atoms with van der Waals surface area (Å²) in [4.78, 5) is 28.8. The third-order valence-electron chi connectivity index (χ3n) is 21.7. The molecule has 4 saturated carbocycles. The molecule has 0 aromatic rings. The van der Waals surface area contributed by atoms with Gasteiger partial charge < -0.3 is 104 Å². The molecule has 0 unspecified atom stereocenters. The van der Waals surface area contributed by atoms with Crippen LogP contribution in [0.3, 0.4) is 0 Å². The Hall–Kier alpha value is -2.08. The molecule has 27 atom stereocenters. The molecular weight excluding hydrogens is 1050 g/mol. The number of aliphatic hydroxyl groups is 12. The fraction of sp³-hybridized carbons (Fsp3) is 0.930. The minimum absolute atomic E-state index is 0.0166. The minimum Gasteiger partial charge on any atom is -0.464 e. The molecule has 23 heteroatoms. The van der Waals surface area contributed by atoms with Crippen LogP contribution in [0.4, 0.5) is 0 Å². The molecule has 9 rings (SSSR count). The van der Waals surface area contributed by atoms with Gasteiger partial charge in [0, 0.05) is 0 Å².